The number of fused-ring (bicyclic) bond motifs is 1. The molecule has 0 fully saturated rings. The fourth-order valence-corrected chi connectivity index (χ4v) is 3.78. The van der Waals surface area contributed by atoms with Gasteiger partial charge in [-0.3, -0.25) is 0 Å². The zero-order valence-corrected chi connectivity index (χ0v) is 14.1. The molecule has 1 N–H and O–H groups in total. The van der Waals surface area contributed by atoms with Gasteiger partial charge in [0.2, 0.25) is 0 Å². The number of anilines is 1. The molecule has 2 atom stereocenters. The first-order chi connectivity index (χ1) is 9.65. The van der Waals surface area contributed by atoms with E-state index in [0.29, 0.717) is 12.0 Å². The molecule has 20 heavy (non-hydrogen) atoms. The molecule has 0 bridgehead atoms. The molecule has 0 heterocycles. The largest absolute Gasteiger partial charge is 0.378 e. The number of benzene rings is 2. The molecule has 0 aromatic heterocycles. The van der Waals surface area contributed by atoms with Crippen molar-refractivity contribution in [2.75, 3.05) is 5.32 Å². The summed E-state index contributed by atoms with van der Waals surface area (Å²) in [7, 11) is 0. The molecule has 3 rings (SSSR count). The van der Waals surface area contributed by atoms with Gasteiger partial charge in [-0.1, -0.05) is 31.2 Å². The van der Waals surface area contributed by atoms with Gasteiger partial charge in [-0.15, -0.1) is 0 Å². The molecule has 1 nitrogen and oxygen atoms in total. The second-order valence-corrected chi connectivity index (χ2v) is 7.01. The van der Waals surface area contributed by atoms with Crippen molar-refractivity contribution in [2.45, 2.75) is 38.6 Å². The summed E-state index contributed by atoms with van der Waals surface area (Å²) in [4.78, 5) is 0. The Kier molecular flexibility index (Phi) is 4.01. The van der Waals surface area contributed by atoms with Crippen LogP contribution in [0.5, 0.6) is 0 Å². The summed E-state index contributed by atoms with van der Waals surface area (Å²) >= 11 is 2.37. The lowest BCUT2D eigenvalue weighted by molar-refractivity contribution is 0.534. The smallest absolute Gasteiger partial charge is 0.0516 e. The number of hydrogen-bond acceptors (Lipinski definition) is 1. The van der Waals surface area contributed by atoms with Gasteiger partial charge in [-0.2, -0.15) is 0 Å². The molecular formula is C18H20IN. The third-order valence-corrected chi connectivity index (χ3v) is 4.98. The lowest BCUT2D eigenvalue weighted by Gasteiger charge is -2.31. The van der Waals surface area contributed by atoms with Crippen LogP contribution in [-0.4, -0.2) is 0 Å². The van der Waals surface area contributed by atoms with E-state index in [9.17, 15) is 0 Å². The first-order valence-corrected chi connectivity index (χ1v) is 8.34. The minimum absolute atomic E-state index is 0.446. The van der Waals surface area contributed by atoms with Crippen LogP contribution in [0, 0.1) is 10.5 Å². The zero-order chi connectivity index (χ0) is 14.1. The Morgan fingerprint density at radius 2 is 1.80 bits per heavy atom. The summed E-state index contributed by atoms with van der Waals surface area (Å²) in [5, 5.41) is 3.75. The Morgan fingerprint density at radius 1 is 1.05 bits per heavy atom. The van der Waals surface area contributed by atoms with Crippen molar-refractivity contribution in [2.24, 2.45) is 0 Å². The molecule has 2 aromatic carbocycles. The van der Waals surface area contributed by atoms with E-state index in [1.807, 2.05) is 0 Å². The monoisotopic (exact) mass is 377 g/mol. The Labute approximate surface area is 134 Å². The lowest BCUT2D eigenvalue weighted by atomic mass is 9.81. The summed E-state index contributed by atoms with van der Waals surface area (Å²) in [6.07, 6.45) is 2.47. The fourth-order valence-electron chi connectivity index (χ4n) is 3.13. The molecule has 1 aliphatic carbocycles. The van der Waals surface area contributed by atoms with Crippen LogP contribution in [-0.2, 0) is 0 Å². The first kappa shape index (κ1) is 13.9. The summed E-state index contributed by atoms with van der Waals surface area (Å²) in [5.74, 6) is 0.682. The standard InChI is InChI=1S/C18H20IN/c1-12-7-9-18(16-6-4-3-5-15(12)16)20-17-10-8-14(19)11-13(17)2/h3-6,8,10-12,18,20H,7,9H2,1-2H3. The van der Waals surface area contributed by atoms with E-state index in [0.717, 1.165) is 0 Å². The van der Waals surface area contributed by atoms with Crippen molar-refractivity contribution < 1.29 is 0 Å². The minimum atomic E-state index is 0.446. The third-order valence-electron chi connectivity index (χ3n) is 4.31. The van der Waals surface area contributed by atoms with E-state index in [4.69, 9.17) is 0 Å². The molecule has 1 aliphatic rings. The van der Waals surface area contributed by atoms with Crippen LogP contribution in [0.1, 0.15) is 48.4 Å². The van der Waals surface area contributed by atoms with Crippen molar-refractivity contribution >= 4 is 28.3 Å². The van der Waals surface area contributed by atoms with Gasteiger partial charge >= 0.3 is 0 Å². The van der Waals surface area contributed by atoms with E-state index < -0.39 is 0 Å². The Bertz CT molecular complexity index is 621. The molecule has 0 saturated carbocycles. The van der Waals surface area contributed by atoms with Crippen molar-refractivity contribution in [1.29, 1.82) is 0 Å². The van der Waals surface area contributed by atoms with Crippen LogP contribution in [0.15, 0.2) is 42.5 Å². The van der Waals surface area contributed by atoms with Crippen molar-refractivity contribution in [3.8, 4) is 0 Å². The minimum Gasteiger partial charge on any atom is -0.378 e. The molecule has 0 saturated heterocycles. The molecule has 104 valence electrons. The highest BCUT2D eigenvalue weighted by molar-refractivity contribution is 14.1. The van der Waals surface area contributed by atoms with Crippen molar-refractivity contribution in [3.63, 3.8) is 0 Å². The van der Waals surface area contributed by atoms with Crippen LogP contribution in [0.4, 0.5) is 5.69 Å². The highest BCUT2D eigenvalue weighted by Gasteiger charge is 2.24. The molecule has 2 unspecified atom stereocenters. The Morgan fingerprint density at radius 3 is 2.55 bits per heavy atom. The van der Waals surface area contributed by atoms with Gasteiger partial charge in [0.25, 0.3) is 0 Å². The number of hydrogen-bond donors (Lipinski definition) is 1. The van der Waals surface area contributed by atoms with E-state index in [1.54, 1.807) is 0 Å². The highest BCUT2D eigenvalue weighted by Crippen LogP contribution is 2.39. The maximum atomic E-state index is 3.75. The number of rotatable bonds is 2. The topological polar surface area (TPSA) is 12.0 Å². The van der Waals surface area contributed by atoms with Gasteiger partial charge in [0.15, 0.2) is 0 Å². The van der Waals surface area contributed by atoms with Gasteiger partial charge in [0, 0.05) is 9.26 Å². The van der Waals surface area contributed by atoms with Crippen molar-refractivity contribution in [1.82, 2.24) is 0 Å². The molecule has 0 spiro atoms. The molecule has 0 amide bonds. The Hall–Kier alpha value is -1.03. The normalized spacial score (nSPS) is 21.4. The summed E-state index contributed by atoms with van der Waals surface area (Å²) in [5.41, 5.74) is 5.58. The van der Waals surface area contributed by atoms with Crippen LogP contribution in [0.2, 0.25) is 0 Å². The SMILES string of the molecule is Cc1cc(I)ccc1NC1CCC(C)c2ccccc21. The zero-order valence-electron chi connectivity index (χ0n) is 12.0. The molecule has 2 aromatic rings. The van der Waals surface area contributed by atoms with Crippen LogP contribution in [0.3, 0.4) is 0 Å². The van der Waals surface area contributed by atoms with Crippen LogP contribution < -0.4 is 5.32 Å². The van der Waals surface area contributed by atoms with Crippen LogP contribution in [0.25, 0.3) is 0 Å². The van der Waals surface area contributed by atoms with Gasteiger partial charge < -0.3 is 5.32 Å². The van der Waals surface area contributed by atoms with Gasteiger partial charge in [0.05, 0.1) is 6.04 Å². The predicted molar refractivity (Wildman–Crippen MR) is 94.4 cm³/mol. The second-order valence-electron chi connectivity index (χ2n) is 5.76. The summed E-state index contributed by atoms with van der Waals surface area (Å²) < 4.78 is 1.29. The molecule has 2 heteroatoms. The van der Waals surface area contributed by atoms with Gasteiger partial charge in [-0.25, -0.2) is 0 Å². The average Bonchev–Trinajstić information content (AvgIpc) is 2.45. The molecule has 0 aliphatic heterocycles. The van der Waals surface area contributed by atoms with Crippen molar-refractivity contribution in [3.05, 3.63) is 62.7 Å². The number of nitrogens with one attached hydrogen (secondary N) is 1. The van der Waals surface area contributed by atoms with E-state index in [-0.39, 0.29) is 0 Å². The molecule has 0 radical (unpaired) electrons. The quantitative estimate of drug-likeness (QED) is 0.667. The van der Waals surface area contributed by atoms with E-state index in [2.05, 4.69) is 84.2 Å². The highest BCUT2D eigenvalue weighted by atomic mass is 127. The lowest BCUT2D eigenvalue weighted by Crippen LogP contribution is -2.19. The average molecular weight is 377 g/mol. The number of halogens is 1. The first-order valence-electron chi connectivity index (χ1n) is 7.26. The van der Waals surface area contributed by atoms with E-state index in [1.165, 1.54) is 38.8 Å². The fraction of sp³-hybridized carbons (Fsp3) is 0.333. The number of aryl methyl sites for hydroxylation is 1. The maximum absolute atomic E-state index is 3.75. The Balaban J connectivity index is 1.90. The van der Waals surface area contributed by atoms with E-state index >= 15 is 0 Å². The summed E-state index contributed by atoms with van der Waals surface area (Å²) in [6, 6.07) is 16.0. The molecular weight excluding hydrogens is 357 g/mol. The third kappa shape index (κ3) is 2.71. The van der Waals surface area contributed by atoms with Gasteiger partial charge in [0.1, 0.15) is 0 Å². The maximum Gasteiger partial charge on any atom is 0.0516 e. The second kappa shape index (κ2) is 5.76. The van der Waals surface area contributed by atoms with Gasteiger partial charge in [-0.05, 0) is 83.2 Å². The predicted octanol–water partition coefficient (Wildman–Crippen LogP) is 5.65. The summed E-state index contributed by atoms with van der Waals surface area (Å²) in [6.45, 7) is 4.52. The van der Waals surface area contributed by atoms with Crippen LogP contribution >= 0.6 is 22.6 Å².